The molecule has 146 valence electrons. The minimum absolute atomic E-state index is 0.0104. The quantitative estimate of drug-likeness (QED) is 0.678. The predicted octanol–water partition coefficient (Wildman–Crippen LogP) is 2.81. The molecule has 0 bridgehead atoms. The van der Waals surface area contributed by atoms with Gasteiger partial charge < -0.3 is 9.64 Å². The van der Waals surface area contributed by atoms with Gasteiger partial charge in [0, 0.05) is 37.3 Å². The van der Waals surface area contributed by atoms with Crippen molar-refractivity contribution in [3.05, 3.63) is 52.1 Å². The molecule has 1 saturated heterocycles. The maximum atomic E-state index is 14.6. The number of anilines is 1. The smallest absolute Gasteiger partial charge is 0.279 e. The predicted molar refractivity (Wildman–Crippen MR) is 102 cm³/mol. The number of aryl methyl sites for hydroxylation is 1. The lowest BCUT2D eigenvalue weighted by Crippen LogP contribution is -2.41. The molecule has 1 fully saturated rings. The fraction of sp³-hybridized carbons (Fsp3) is 0.350. The van der Waals surface area contributed by atoms with Crippen LogP contribution >= 0.6 is 0 Å². The summed E-state index contributed by atoms with van der Waals surface area (Å²) in [6.45, 7) is 5.39. The fourth-order valence-corrected chi connectivity index (χ4v) is 3.43. The molecule has 1 aliphatic heterocycles. The molecule has 2 aromatic heterocycles. The summed E-state index contributed by atoms with van der Waals surface area (Å²) in [7, 11) is 1.62. The Bertz CT molecular complexity index is 1130. The van der Waals surface area contributed by atoms with Gasteiger partial charge in [-0.25, -0.2) is 18.7 Å². The van der Waals surface area contributed by atoms with Crippen LogP contribution in [-0.4, -0.2) is 40.3 Å². The van der Waals surface area contributed by atoms with Gasteiger partial charge >= 0.3 is 0 Å². The van der Waals surface area contributed by atoms with Gasteiger partial charge in [-0.1, -0.05) is 0 Å². The minimum atomic E-state index is -0.714. The van der Waals surface area contributed by atoms with E-state index >= 15 is 0 Å². The molecule has 28 heavy (non-hydrogen) atoms. The molecule has 0 radical (unpaired) electrons. The first-order chi connectivity index (χ1) is 13.3. The van der Waals surface area contributed by atoms with Crippen molar-refractivity contribution in [2.45, 2.75) is 20.0 Å². The van der Waals surface area contributed by atoms with Crippen LogP contribution in [0.2, 0.25) is 0 Å². The highest BCUT2D eigenvalue weighted by Crippen LogP contribution is 2.32. The number of ether oxygens (including phenoxy) is 1. The number of nitrogens with zero attached hydrogens (tertiary/aromatic N) is 4. The first-order valence-corrected chi connectivity index (χ1v) is 9.05. The van der Waals surface area contributed by atoms with Crippen molar-refractivity contribution in [1.82, 2.24) is 14.5 Å². The number of pyridine rings is 1. The van der Waals surface area contributed by atoms with Crippen LogP contribution in [0.3, 0.4) is 0 Å². The van der Waals surface area contributed by atoms with E-state index in [2.05, 4.69) is 9.97 Å². The zero-order valence-corrected chi connectivity index (χ0v) is 15.9. The van der Waals surface area contributed by atoms with Gasteiger partial charge in [0.1, 0.15) is 28.8 Å². The summed E-state index contributed by atoms with van der Waals surface area (Å²) in [6.07, 6.45) is 0.0104. The van der Waals surface area contributed by atoms with E-state index in [1.54, 1.807) is 20.0 Å². The summed E-state index contributed by atoms with van der Waals surface area (Å²) < 4.78 is 35.0. The Labute approximate surface area is 160 Å². The van der Waals surface area contributed by atoms with Crippen molar-refractivity contribution in [3.63, 3.8) is 0 Å². The van der Waals surface area contributed by atoms with E-state index in [-0.39, 0.29) is 22.7 Å². The van der Waals surface area contributed by atoms with Gasteiger partial charge in [-0.05, 0) is 32.0 Å². The third-order valence-electron chi connectivity index (χ3n) is 5.03. The number of hydrogen-bond donors (Lipinski definition) is 0. The van der Waals surface area contributed by atoms with Crippen LogP contribution < -0.4 is 10.5 Å². The fourth-order valence-electron chi connectivity index (χ4n) is 3.43. The largest absolute Gasteiger partial charge is 0.375 e. The van der Waals surface area contributed by atoms with E-state index in [0.29, 0.717) is 42.4 Å². The Morgan fingerprint density at radius 2 is 1.93 bits per heavy atom. The van der Waals surface area contributed by atoms with Crippen molar-refractivity contribution in [2.75, 3.05) is 24.6 Å². The summed E-state index contributed by atoms with van der Waals surface area (Å²) in [5.74, 6) is -0.351. The lowest BCUT2D eigenvalue weighted by molar-refractivity contribution is 0.0529. The molecule has 1 unspecified atom stereocenters. The molecule has 1 aromatic carbocycles. The van der Waals surface area contributed by atoms with Crippen LogP contribution in [0.5, 0.6) is 0 Å². The van der Waals surface area contributed by atoms with Crippen molar-refractivity contribution in [2.24, 2.45) is 7.05 Å². The Kier molecular flexibility index (Phi) is 4.58. The Morgan fingerprint density at radius 3 is 2.64 bits per heavy atom. The normalized spacial score (nSPS) is 17.3. The average molecular weight is 386 g/mol. The number of aromatic nitrogens is 3. The molecule has 0 spiro atoms. The topological polar surface area (TPSA) is 60.2 Å². The summed E-state index contributed by atoms with van der Waals surface area (Å²) in [6, 6.07) is 5.09. The molecule has 8 heteroatoms. The Hall–Kier alpha value is -2.87. The lowest BCUT2D eigenvalue weighted by atomic mass is 10.0. The molecule has 1 atom stereocenters. The molecule has 0 aliphatic carbocycles. The number of rotatable bonds is 2. The number of fused-ring (bicyclic) bond motifs is 1. The average Bonchev–Trinajstić information content (AvgIpc) is 2.66. The van der Waals surface area contributed by atoms with E-state index in [1.807, 2.05) is 11.8 Å². The Balaban J connectivity index is 2.02. The van der Waals surface area contributed by atoms with Crippen LogP contribution in [-0.2, 0) is 11.8 Å². The SMILES string of the molecule is Cc1nc2c(-c3ccc(F)cc3F)cc(N3CCOC(C)C3)nc2c(=O)n1C. The Morgan fingerprint density at radius 1 is 1.14 bits per heavy atom. The highest BCUT2D eigenvalue weighted by atomic mass is 19.1. The standard InChI is InChI=1S/C20H20F2N4O2/c1-11-10-26(6-7-28-11)17-9-15(14-5-4-13(21)8-16(14)22)18-19(24-17)20(27)25(3)12(2)23-18/h4-5,8-9,11H,6-7,10H2,1-3H3. The van der Waals surface area contributed by atoms with Crippen molar-refractivity contribution >= 4 is 16.9 Å². The summed E-state index contributed by atoms with van der Waals surface area (Å²) in [5, 5.41) is 0. The first kappa shape index (κ1) is 18.5. The number of benzene rings is 1. The molecule has 4 rings (SSSR count). The van der Waals surface area contributed by atoms with Gasteiger partial charge in [0.05, 0.1) is 12.7 Å². The molecule has 0 N–H and O–H groups in total. The van der Waals surface area contributed by atoms with E-state index in [4.69, 9.17) is 4.74 Å². The third-order valence-corrected chi connectivity index (χ3v) is 5.03. The third kappa shape index (κ3) is 3.13. The van der Waals surface area contributed by atoms with Crippen LogP contribution in [0.1, 0.15) is 12.7 Å². The van der Waals surface area contributed by atoms with Gasteiger partial charge in [-0.3, -0.25) is 9.36 Å². The van der Waals surface area contributed by atoms with Crippen molar-refractivity contribution in [3.8, 4) is 11.1 Å². The summed E-state index contributed by atoms with van der Waals surface area (Å²) in [4.78, 5) is 23.9. The lowest BCUT2D eigenvalue weighted by Gasteiger charge is -2.32. The van der Waals surface area contributed by atoms with Gasteiger partial charge in [0.25, 0.3) is 5.56 Å². The molecule has 3 heterocycles. The highest BCUT2D eigenvalue weighted by Gasteiger charge is 2.22. The van der Waals surface area contributed by atoms with Crippen LogP contribution in [0.4, 0.5) is 14.6 Å². The number of morpholine rings is 1. The summed E-state index contributed by atoms with van der Waals surface area (Å²) >= 11 is 0. The van der Waals surface area contributed by atoms with E-state index in [0.717, 1.165) is 6.07 Å². The molecule has 0 amide bonds. The van der Waals surface area contributed by atoms with Crippen LogP contribution in [0, 0.1) is 18.6 Å². The summed E-state index contributed by atoms with van der Waals surface area (Å²) in [5.41, 5.74) is 0.739. The monoisotopic (exact) mass is 386 g/mol. The van der Waals surface area contributed by atoms with E-state index in [9.17, 15) is 13.6 Å². The van der Waals surface area contributed by atoms with Gasteiger partial charge in [0.15, 0.2) is 5.52 Å². The van der Waals surface area contributed by atoms with Crippen LogP contribution in [0.25, 0.3) is 22.2 Å². The van der Waals surface area contributed by atoms with Crippen molar-refractivity contribution < 1.29 is 13.5 Å². The second-order valence-electron chi connectivity index (χ2n) is 7.00. The number of hydrogen-bond acceptors (Lipinski definition) is 5. The maximum Gasteiger partial charge on any atom is 0.279 e. The zero-order valence-electron chi connectivity index (χ0n) is 15.9. The molecule has 3 aromatic rings. The van der Waals surface area contributed by atoms with E-state index in [1.165, 1.54) is 16.7 Å². The van der Waals surface area contributed by atoms with Gasteiger partial charge in [-0.15, -0.1) is 0 Å². The van der Waals surface area contributed by atoms with E-state index < -0.39 is 11.6 Å². The molecule has 0 saturated carbocycles. The van der Waals surface area contributed by atoms with Crippen LogP contribution in [0.15, 0.2) is 29.1 Å². The van der Waals surface area contributed by atoms with Gasteiger partial charge in [0.2, 0.25) is 0 Å². The van der Waals surface area contributed by atoms with Gasteiger partial charge in [-0.2, -0.15) is 0 Å². The number of halogens is 2. The minimum Gasteiger partial charge on any atom is -0.375 e. The molecule has 6 nitrogen and oxygen atoms in total. The second kappa shape index (κ2) is 6.94. The zero-order chi connectivity index (χ0) is 20.0. The second-order valence-corrected chi connectivity index (χ2v) is 7.00. The highest BCUT2D eigenvalue weighted by molar-refractivity contribution is 5.93. The van der Waals surface area contributed by atoms with Crippen molar-refractivity contribution in [1.29, 1.82) is 0 Å². The molecular formula is C20H20F2N4O2. The molecular weight excluding hydrogens is 366 g/mol. The first-order valence-electron chi connectivity index (χ1n) is 9.05. The maximum absolute atomic E-state index is 14.6. The molecule has 1 aliphatic rings.